The SMILES string of the molecule is CNC(=O)/C(=C/c1c(Cl)cccc1Cl)SC. The average Bonchev–Trinajstić information content (AvgIpc) is 2.28. The molecule has 0 aliphatic rings. The molecule has 0 atom stereocenters. The molecular formula is C11H11Cl2NOS. The predicted octanol–water partition coefficient (Wildman–Crippen LogP) is 3.44. The second-order valence-electron chi connectivity index (χ2n) is 2.93. The van der Waals surface area contributed by atoms with Gasteiger partial charge in [0.25, 0.3) is 5.91 Å². The number of benzene rings is 1. The molecule has 0 aliphatic heterocycles. The van der Waals surface area contributed by atoms with Crippen LogP contribution < -0.4 is 5.32 Å². The predicted molar refractivity (Wildman–Crippen MR) is 72.0 cm³/mol. The number of nitrogens with one attached hydrogen (secondary N) is 1. The normalized spacial score (nSPS) is 11.4. The number of likely N-dealkylation sites (N-methyl/N-ethyl adjacent to an activating group) is 1. The second kappa shape index (κ2) is 6.18. The first-order chi connectivity index (χ1) is 7.60. The first-order valence-corrected chi connectivity index (χ1v) is 6.50. The molecule has 1 N–H and O–H groups in total. The molecule has 0 aromatic heterocycles. The van der Waals surface area contributed by atoms with E-state index in [4.69, 9.17) is 23.2 Å². The second-order valence-corrected chi connectivity index (χ2v) is 4.59. The summed E-state index contributed by atoms with van der Waals surface area (Å²) in [5.74, 6) is -0.150. The lowest BCUT2D eigenvalue weighted by atomic mass is 10.2. The number of carbonyl (C=O) groups excluding carboxylic acids is 1. The molecule has 1 aromatic rings. The van der Waals surface area contributed by atoms with E-state index in [-0.39, 0.29) is 5.91 Å². The van der Waals surface area contributed by atoms with Crippen molar-refractivity contribution in [1.29, 1.82) is 0 Å². The number of halogens is 2. The maximum absolute atomic E-state index is 11.5. The van der Waals surface area contributed by atoms with Crippen molar-refractivity contribution >= 4 is 46.9 Å². The standard InChI is InChI=1S/C11H11Cl2NOS/c1-14-11(15)10(16-2)6-7-8(12)4-3-5-9(7)13/h3-6H,1-2H3,(H,14,15)/b10-6-. The van der Waals surface area contributed by atoms with E-state index in [1.165, 1.54) is 11.8 Å². The van der Waals surface area contributed by atoms with Crippen LogP contribution in [0, 0.1) is 0 Å². The zero-order valence-corrected chi connectivity index (χ0v) is 11.2. The average molecular weight is 276 g/mol. The van der Waals surface area contributed by atoms with Gasteiger partial charge in [0.05, 0.1) is 4.91 Å². The van der Waals surface area contributed by atoms with Crippen LogP contribution in [-0.4, -0.2) is 19.2 Å². The Morgan fingerprint density at radius 2 is 1.94 bits per heavy atom. The molecule has 1 aromatic carbocycles. The molecule has 0 bridgehead atoms. The molecule has 0 spiro atoms. The molecular weight excluding hydrogens is 265 g/mol. The highest BCUT2D eigenvalue weighted by atomic mass is 35.5. The lowest BCUT2D eigenvalue weighted by molar-refractivity contribution is -0.116. The van der Waals surface area contributed by atoms with Gasteiger partial charge in [-0.05, 0) is 24.5 Å². The highest BCUT2D eigenvalue weighted by molar-refractivity contribution is 8.03. The van der Waals surface area contributed by atoms with Crippen LogP contribution in [0.15, 0.2) is 23.1 Å². The van der Waals surface area contributed by atoms with E-state index in [1.807, 2.05) is 6.26 Å². The van der Waals surface area contributed by atoms with E-state index >= 15 is 0 Å². The van der Waals surface area contributed by atoms with Crippen LogP contribution in [0.4, 0.5) is 0 Å². The molecule has 0 unspecified atom stereocenters. The van der Waals surface area contributed by atoms with Gasteiger partial charge in [-0.3, -0.25) is 4.79 Å². The Kier molecular flexibility index (Phi) is 5.19. The zero-order chi connectivity index (χ0) is 12.1. The van der Waals surface area contributed by atoms with Crippen molar-refractivity contribution in [3.63, 3.8) is 0 Å². The van der Waals surface area contributed by atoms with Gasteiger partial charge >= 0.3 is 0 Å². The number of rotatable bonds is 3. The largest absolute Gasteiger partial charge is 0.355 e. The smallest absolute Gasteiger partial charge is 0.257 e. The van der Waals surface area contributed by atoms with Gasteiger partial charge < -0.3 is 5.32 Å². The Labute approximate surface area is 109 Å². The third kappa shape index (κ3) is 3.17. The number of carbonyl (C=O) groups is 1. The summed E-state index contributed by atoms with van der Waals surface area (Å²) in [6, 6.07) is 5.24. The molecule has 86 valence electrons. The Hall–Kier alpha value is -0.640. The Balaban J connectivity index is 3.18. The molecule has 0 aliphatic carbocycles. The highest BCUT2D eigenvalue weighted by Gasteiger charge is 2.09. The molecule has 0 fully saturated rings. The molecule has 2 nitrogen and oxygen atoms in total. The maximum atomic E-state index is 11.5. The number of amides is 1. The Bertz CT molecular complexity index is 412. The molecule has 16 heavy (non-hydrogen) atoms. The molecule has 5 heteroatoms. The van der Waals surface area contributed by atoms with E-state index < -0.39 is 0 Å². The first kappa shape index (κ1) is 13.4. The first-order valence-electron chi connectivity index (χ1n) is 4.52. The number of thioether (sulfide) groups is 1. The fraction of sp³-hybridized carbons (Fsp3) is 0.182. The fourth-order valence-corrected chi connectivity index (χ4v) is 2.15. The van der Waals surface area contributed by atoms with Gasteiger partial charge in [0.2, 0.25) is 0 Å². The minimum atomic E-state index is -0.150. The van der Waals surface area contributed by atoms with Crippen LogP contribution in [0.25, 0.3) is 6.08 Å². The molecule has 0 heterocycles. The van der Waals surface area contributed by atoms with Crippen LogP contribution in [0.5, 0.6) is 0 Å². The topological polar surface area (TPSA) is 29.1 Å². The summed E-state index contributed by atoms with van der Waals surface area (Å²) in [5, 5.41) is 3.62. The minimum Gasteiger partial charge on any atom is -0.355 e. The number of hydrogen-bond acceptors (Lipinski definition) is 2. The van der Waals surface area contributed by atoms with Crippen molar-refractivity contribution in [2.45, 2.75) is 0 Å². The minimum absolute atomic E-state index is 0.150. The summed E-state index contributed by atoms with van der Waals surface area (Å²) >= 11 is 13.4. The van der Waals surface area contributed by atoms with Crippen molar-refractivity contribution in [3.8, 4) is 0 Å². The van der Waals surface area contributed by atoms with Gasteiger partial charge in [0.1, 0.15) is 0 Å². The summed E-state index contributed by atoms with van der Waals surface area (Å²) < 4.78 is 0. The van der Waals surface area contributed by atoms with Crippen LogP contribution in [0.3, 0.4) is 0 Å². The molecule has 1 rings (SSSR count). The van der Waals surface area contributed by atoms with Crippen molar-refractivity contribution in [2.75, 3.05) is 13.3 Å². The van der Waals surface area contributed by atoms with E-state index in [2.05, 4.69) is 5.32 Å². The van der Waals surface area contributed by atoms with Crippen LogP contribution >= 0.6 is 35.0 Å². The van der Waals surface area contributed by atoms with E-state index in [9.17, 15) is 4.79 Å². The van der Waals surface area contributed by atoms with Gasteiger partial charge in [0, 0.05) is 22.7 Å². The highest BCUT2D eigenvalue weighted by Crippen LogP contribution is 2.28. The van der Waals surface area contributed by atoms with Crippen LogP contribution in [0.1, 0.15) is 5.56 Å². The number of hydrogen-bond donors (Lipinski definition) is 1. The van der Waals surface area contributed by atoms with Gasteiger partial charge in [0.15, 0.2) is 0 Å². The molecule has 0 radical (unpaired) electrons. The van der Waals surface area contributed by atoms with Crippen LogP contribution in [0.2, 0.25) is 10.0 Å². The molecule has 0 saturated heterocycles. The lowest BCUT2D eigenvalue weighted by Gasteiger charge is -2.05. The fourth-order valence-electron chi connectivity index (χ4n) is 1.12. The van der Waals surface area contributed by atoms with Crippen molar-refractivity contribution in [1.82, 2.24) is 5.32 Å². The van der Waals surface area contributed by atoms with Gasteiger partial charge in [-0.2, -0.15) is 0 Å². The van der Waals surface area contributed by atoms with Gasteiger partial charge in [-0.15, -0.1) is 11.8 Å². The lowest BCUT2D eigenvalue weighted by Crippen LogP contribution is -2.18. The maximum Gasteiger partial charge on any atom is 0.257 e. The Morgan fingerprint density at radius 3 is 2.38 bits per heavy atom. The third-order valence-electron chi connectivity index (χ3n) is 1.95. The summed E-state index contributed by atoms with van der Waals surface area (Å²) in [4.78, 5) is 12.1. The van der Waals surface area contributed by atoms with E-state index in [0.29, 0.717) is 20.5 Å². The zero-order valence-electron chi connectivity index (χ0n) is 8.88. The monoisotopic (exact) mass is 275 g/mol. The summed E-state index contributed by atoms with van der Waals surface area (Å²) in [5.41, 5.74) is 0.666. The Morgan fingerprint density at radius 1 is 1.38 bits per heavy atom. The van der Waals surface area contributed by atoms with E-state index in [0.717, 1.165) is 0 Å². The van der Waals surface area contributed by atoms with E-state index in [1.54, 1.807) is 31.3 Å². The summed E-state index contributed by atoms with van der Waals surface area (Å²) in [6.07, 6.45) is 3.51. The molecule has 1 amide bonds. The van der Waals surface area contributed by atoms with Gasteiger partial charge in [-0.1, -0.05) is 29.3 Å². The summed E-state index contributed by atoms with van der Waals surface area (Å²) in [6.45, 7) is 0. The molecule has 0 saturated carbocycles. The quantitative estimate of drug-likeness (QED) is 0.857. The van der Waals surface area contributed by atoms with Crippen LogP contribution in [-0.2, 0) is 4.79 Å². The third-order valence-corrected chi connectivity index (χ3v) is 3.35. The van der Waals surface area contributed by atoms with Crippen molar-refractivity contribution < 1.29 is 4.79 Å². The van der Waals surface area contributed by atoms with Crippen molar-refractivity contribution in [3.05, 3.63) is 38.7 Å². The van der Waals surface area contributed by atoms with Gasteiger partial charge in [-0.25, -0.2) is 0 Å². The summed E-state index contributed by atoms with van der Waals surface area (Å²) in [7, 11) is 1.58. The van der Waals surface area contributed by atoms with Crippen molar-refractivity contribution in [2.24, 2.45) is 0 Å².